The average molecular weight is 286 g/mol. The van der Waals surface area contributed by atoms with Crippen LogP contribution in [0.2, 0.25) is 0 Å². The number of hydrogen-bond donors (Lipinski definition) is 0. The Bertz CT molecular complexity index is 748. The number of rotatable bonds is 4. The van der Waals surface area contributed by atoms with E-state index in [2.05, 4.69) is 53.7 Å². The molecule has 0 amide bonds. The van der Waals surface area contributed by atoms with Gasteiger partial charge in [-0.05, 0) is 12.5 Å². The summed E-state index contributed by atoms with van der Waals surface area (Å²) in [6, 6.07) is 8.32. The Hall–Kier alpha value is -1.62. The Labute approximate surface area is 122 Å². The van der Waals surface area contributed by atoms with E-state index in [-0.39, 0.29) is 0 Å². The molecule has 0 saturated heterocycles. The highest BCUT2D eigenvalue weighted by Crippen LogP contribution is 2.28. The maximum atomic E-state index is 4.72. The summed E-state index contributed by atoms with van der Waals surface area (Å²) in [5.41, 5.74) is 3.05. The quantitative estimate of drug-likeness (QED) is 0.682. The molecule has 0 fully saturated rings. The zero-order valence-electron chi connectivity index (χ0n) is 12.0. The summed E-state index contributed by atoms with van der Waals surface area (Å²) in [6.07, 6.45) is 1.07. The van der Waals surface area contributed by atoms with E-state index in [9.17, 15) is 0 Å². The molecule has 0 unspecified atom stereocenters. The molecule has 0 spiro atoms. The van der Waals surface area contributed by atoms with Crippen LogP contribution in [0, 0.1) is 0 Å². The van der Waals surface area contributed by atoms with Gasteiger partial charge in [-0.2, -0.15) is 0 Å². The summed E-state index contributed by atoms with van der Waals surface area (Å²) < 4.78 is 2.25. The number of hydrogen-bond acceptors (Lipinski definition) is 4. The molecule has 0 aliphatic heterocycles. The first-order valence-corrected chi connectivity index (χ1v) is 7.87. The zero-order chi connectivity index (χ0) is 14.1. The van der Waals surface area contributed by atoms with Crippen LogP contribution >= 0.6 is 11.8 Å². The fourth-order valence-electron chi connectivity index (χ4n) is 2.40. The minimum Gasteiger partial charge on any atom is -0.324 e. The highest BCUT2D eigenvalue weighted by molar-refractivity contribution is 7.99. The SMILES string of the molecule is CCCn1c2ccccc2c2nnc(SC(C)C)nc21. The van der Waals surface area contributed by atoms with Crippen molar-refractivity contribution in [3.05, 3.63) is 24.3 Å². The molecule has 0 radical (unpaired) electrons. The summed E-state index contributed by atoms with van der Waals surface area (Å²) >= 11 is 1.65. The molecule has 0 aliphatic carbocycles. The van der Waals surface area contributed by atoms with Crippen LogP contribution in [0.3, 0.4) is 0 Å². The molecule has 0 atom stereocenters. The van der Waals surface area contributed by atoms with Crippen molar-refractivity contribution >= 4 is 33.8 Å². The molecule has 5 heteroatoms. The summed E-state index contributed by atoms with van der Waals surface area (Å²) in [5, 5.41) is 11.0. The maximum absolute atomic E-state index is 4.72. The lowest BCUT2D eigenvalue weighted by Gasteiger charge is -2.05. The van der Waals surface area contributed by atoms with Gasteiger partial charge in [0.15, 0.2) is 5.65 Å². The van der Waals surface area contributed by atoms with Gasteiger partial charge in [-0.25, -0.2) is 4.98 Å². The topological polar surface area (TPSA) is 43.6 Å². The second kappa shape index (κ2) is 5.40. The van der Waals surface area contributed by atoms with Crippen LogP contribution < -0.4 is 0 Å². The predicted octanol–water partition coefficient (Wildman–Crippen LogP) is 3.89. The smallest absolute Gasteiger partial charge is 0.211 e. The number of para-hydroxylation sites is 1. The van der Waals surface area contributed by atoms with Crippen molar-refractivity contribution in [1.82, 2.24) is 19.7 Å². The van der Waals surface area contributed by atoms with E-state index in [1.807, 2.05) is 6.07 Å². The molecule has 3 aromatic rings. The van der Waals surface area contributed by atoms with Crippen molar-refractivity contribution < 1.29 is 0 Å². The van der Waals surface area contributed by atoms with E-state index in [1.54, 1.807) is 11.8 Å². The fraction of sp³-hybridized carbons (Fsp3) is 0.400. The Morgan fingerprint density at radius 1 is 1.20 bits per heavy atom. The number of nitrogens with zero attached hydrogens (tertiary/aromatic N) is 4. The normalized spacial score (nSPS) is 11.8. The molecular weight excluding hydrogens is 268 g/mol. The van der Waals surface area contributed by atoms with Crippen molar-refractivity contribution in [1.29, 1.82) is 0 Å². The minimum atomic E-state index is 0.457. The highest BCUT2D eigenvalue weighted by Gasteiger charge is 2.14. The largest absolute Gasteiger partial charge is 0.324 e. The lowest BCUT2D eigenvalue weighted by molar-refractivity contribution is 0.709. The summed E-state index contributed by atoms with van der Waals surface area (Å²) in [7, 11) is 0. The van der Waals surface area contributed by atoms with Crippen LogP contribution in [0.15, 0.2) is 29.4 Å². The lowest BCUT2D eigenvalue weighted by atomic mass is 10.2. The standard InChI is InChI=1S/C15H18N4S/c1-4-9-19-12-8-6-5-7-11(12)13-14(19)16-15(18-17-13)20-10(2)3/h5-8,10H,4,9H2,1-3H3. The van der Waals surface area contributed by atoms with Gasteiger partial charge in [0, 0.05) is 17.2 Å². The van der Waals surface area contributed by atoms with E-state index < -0.39 is 0 Å². The number of aryl methyl sites for hydroxylation is 1. The third kappa shape index (κ3) is 2.26. The number of thioether (sulfide) groups is 1. The third-order valence-electron chi connectivity index (χ3n) is 3.14. The molecule has 20 heavy (non-hydrogen) atoms. The summed E-state index contributed by atoms with van der Waals surface area (Å²) in [6.45, 7) is 7.41. The Balaban J connectivity index is 2.26. The van der Waals surface area contributed by atoms with Gasteiger partial charge in [0.05, 0.1) is 5.52 Å². The second-order valence-electron chi connectivity index (χ2n) is 5.10. The van der Waals surface area contributed by atoms with Crippen LogP contribution in [0.5, 0.6) is 0 Å². The van der Waals surface area contributed by atoms with Crippen LogP contribution in [-0.4, -0.2) is 25.0 Å². The van der Waals surface area contributed by atoms with E-state index >= 15 is 0 Å². The maximum Gasteiger partial charge on any atom is 0.211 e. The van der Waals surface area contributed by atoms with Gasteiger partial charge in [-0.3, -0.25) is 0 Å². The first-order valence-electron chi connectivity index (χ1n) is 6.99. The van der Waals surface area contributed by atoms with E-state index in [1.165, 1.54) is 5.52 Å². The van der Waals surface area contributed by atoms with Crippen molar-refractivity contribution in [3.63, 3.8) is 0 Å². The number of benzene rings is 1. The van der Waals surface area contributed by atoms with Crippen molar-refractivity contribution in [2.45, 2.75) is 44.1 Å². The number of fused-ring (bicyclic) bond motifs is 3. The molecule has 104 valence electrons. The molecule has 0 bridgehead atoms. The Morgan fingerprint density at radius 2 is 2.00 bits per heavy atom. The van der Waals surface area contributed by atoms with Crippen molar-refractivity contribution in [2.75, 3.05) is 0 Å². The van der Waals surface area contributed by atoms with E-state index in [4.69, 9.17) is 4.98 Å². The molecule has 0 N–H and O–H groups in total. The van der Waals surface area contributed by atoms with Crippen LogP contribution in [-0.2, 0) is 6.54 Å². The highest BCUT2D eigenvalue weighted by atomic mass is 32.2. The van der Waals surface area contributed by atoms with Gasteiger partial charge in [-0.1, -0.05) is 50.7 Å². The Kier molecular flexibility index (Phi) is 3.61. The van der Waals surface area contributed by atoms with Gasteiger partial charge in [-0.15, -0.1) is 10.2 Å². The van der Waals surface area contributed by atoms with E-state index in [0.717, 1.165) is 34.7 Å². The first-order chi connectivity index (χ1) is 9.70. The van der Waals surface area contributed by atoms with Gasteiger partial charge < -0.3 is 4.57 Å². The van der Waals surface area contributed by atoms with Crippen LogP contribution in [0.4, 0.5) is 0 Å². The predicted molar refractivity (Wildman–Crippen MR) is 84.1 cm³/mol. The van der Waals surface area contributed by atoms with Gasteiger partial charge in [0.25, 0.3) is 0 Å². The van der Waals surface area contributed by atoms with Gasteiger partial charge in [0.1, 0.15) is 5.52 Å². The molecule has 0 aliphatic rings. The summed E-state index contributed by atoms with van der Waals surface area (Å²) in [5.74, 6) is 0. The van der Waals surface area contributed by atoms with E-state index in [0.29, 0.717) is 5.25 Å². The molecule has 3 rings (SSSR count). The van der Waals surface area contributed by atoms with Crippen LogP contribution in [0.1, 0.15) is 27.2 Å². The van der Waals surface area contributed by atoms with Gasteiger partial charge in [0.2, 0.25) is 5.16 Å². The Morgan fingerprint density at radius 3 is 2.75 bits per heavy atom. The first kappa shape index (κ1) is 13.4. The third-order valence-corrected chi connectivity index (χ3v) is 4.00. The second-order valence-corrected chi connectivity index (χ2v) is 6.65. The molecule has 1 aromatic carbocycles. The fourth-order valence-corrected chi connectivity index (χ4v) is 3.05. The van der Waals surface area contributed by atoms with Crippen molar-refractivity contribution in [2.24, 2.45) is 0 Å². The van der Waals surface area contributed by atoms with Crippen molar-refractivity contribution in [3.8, 4) is 0 Å². The zero-order valence-corrected chi connectivity index (χ0v) is 12.8. The minimum absolute atomic E-state index is 0.457. The molecular formula is C15H18N4S. The van der Waals surface area contributed by atoms with Crippen LogP contribution in [0.25, 0.3) is 22.1 Å². The number of aromatic nitrogens is 4. The molecule has 0 saturated carbocycles. The van der Waals surface area contributed by atoms with Gasteiger partial charge >= 0.3 is 0 Å². The lowest BCUT2D eigenvalue weighted by Crippen LogP contribution is -2.01. The monoisotopic (exact) mass is 286 g/mol. The average Bonchev–Trinajstić information content (AvgIpc) is 2.73. The molecule has 4 nitrogen and oxygen atoms in total. The summed E-state index contributed by atoms with van der Waals surface area (Å²) in [4.78, 5) is 4.72. The molecule has 2 aromatic heterocycles. The molecule has 2 heterocycles.